The Morgan fingerprint density at radius 1 is 0.512 bits per heavy atom. The van der Waals surface area contributed by atoms with Crippen molar-refractivity contribution in [3.63, 3.8) is 0 Å². The van der Waals surface area contributed by atoms with E-state index in [0.717, 1.165) is 22.3 Å². The second kappa shape index (κ2) is 13.7. The molecule has 5 rings (SSSR count). The summed E-state index contributed by atoms with van der Waals surface area (Å²) in [4.78, 5) is 11.5. The molecule has 206 valence electrons. The quantitative estimate of drug-likeness (QED) is 0.0940. The molecule has 0 bridgehead atoms. The normalized spacial score (nSPS) is 10.9. The molecule has 0 amide bonds. The molecule has 2 N–H and O–H groups in total. The Balaban J connectivity index is 1.52. The van der Waals surface area contributed by atoms with Crippen molar-refractivity contribution in [1.82, 2.24) is 0 Å². The highest BCUT2D eigenvalue weighted by atomic mass is 17.2. The summed E-state index contributed by atoms with van der Waals surface area (Å²) in [5.41, 5.74) is 4.20. The molecule has 0 saturated heterocycles. The Morgan fingerprint density at radius 2 is 1.02 bits per heavy atom. The molecular weight excluding hydrogens is 516 g/mol. The lowest BCUT2D eigenvalue weighted by molar-refractivity contribution is -0.219. The van der Waals surface area contributed by atoms with Gasteiger partial charge in [0.05, 0.1) is 0 Å². The first-order chi connectivity index (χ1) is 20.2. The van der Waals surface area contributed by atoms with Crippen molar-refractivity contribution in [3.05, 3.63) is 149 Å². The van der Waals surface area contributed by atoms with Gasteiger partial charge < -0.3 is 24.6 Å². The standard InChI is InChI=1S/C35H30O6/c36-31-20-17-26(18-21-31)16-19-30-22-32(37)34(39-24-28-12-6-2-7-13-28)35(41-40-25-29-14-8-3-9-15-29)33(30)38-23-27-10-4-1-5-11-27/h1-22,36-37H,23-25H2. The molecule has 0 aromatic heterocycles. The highest BCUT2D eigenvalue weighted by Gasteiger charge is 2.23. The van der Waals surface area contributed by atoms with Gasteiger partial charge in [0, 0.05) is 5.56 Å². The smallest absolute Gasteiger partial charge is 0.253 e. The minimum atomic E-state index is -0.128. The Morgan fingerprint density at radius 3 is 1.59 bits per heavy atom. The SMILES string of the molecule is Oc1ccc(C=Cc2cc(O)c(OCc3ccccc3)c(OOCc3ccccc3)c2OCc2ccccc2)cc1. The van der Waals surface area contributed by atoms with Crippen molar-refractivity contribution in [1.29, 1.82) is 0 Å². The molecule has 0 spiro atoms. The zero-order chi connectivity index (χ0) is 28.3. The highest BCUT2D eigenvalue weighted by molar-refractivity contribution is 5.78. The number of aromatic hydroxyl groups is 2. The highest BCUT2D eigenvalue weighted by Crippen LogP contribution is 2.48. The van der Waals surface area contributed by atoms with Crippen LogP contribution in [-0.4, -0.2) is 10.2 Å². The third kappa shape index (κ3) is 7.68. The molecule has 0 radical (unpaired) electrons. The molecule has 6 heteroatoms. The van der Waals surface area contributed by atoms with Crippen LogP contribution in [0, 0.1) is 0 Å². The maximum atomic E-state index is 11.1. The number of hydrogen-bond acceptors (Lipinski definition) is 6. The van der Waals surface area contributed by atoms with Gasteiger partial charge >= 0.3 is 0 Å². The molecule has 0 aliphatic carbocycles. The maximum Gasteiger partial charge on any atom is 0.253 e. The molecule has 0 unspecified atom stereocenters. The topological polar surface area (TPSA) is 77.4 Å². The summed E-state index contributed by atoms with van der Waals surface area (Å²) in [5.74, 6) is 0.622. The van der Waals surface area contributed by atoms with E-state index in [-0.39, 0.29) is 42.8 Å². The van der Waals surface area contributed by atoms with Crippen LogP contribution in [0.25, 0.3) is 12.2 Å². The van der Waals surface area contributed by atoms with Crippen molar-refractivity contribution in [2.45, 2.75) is 19.8 Å². The van der Waals surface area contributed by atoms with Crippen LogP contribution in [0.5, 0.6) is 28.7 Å². The zero-order valence-electron chi connectivity index (χ0n) is 22.4. The van der Waals surface area contributed by atoms with Gasteiger partial charge in [-0.15, -0.1) is 0 Å². The first-order valence-electron chi connectivity index (χ1n) is 13.2. The lowest BCUT2D eigenvalue weighted by Gasteiger charge is -2.19. The second-order valence-corrected chi connectivity index (χ2v) is 9.28. The van der Waals surface area contributed by atoms with E-state index in [1.54, 1.807) is 36.4 Å². The van der Waals surface area contributed by atoms with E-state index < -0.39 is 0 Å². The van der Waals surface area contributed by atoms with Gasteiger partial charge in [0.25, 0.3) is 5.75 Å². The fraction of sp³-hybridized carbons (Fsp3) is 0.0857. The summed E-state index contributed by atoms with van der Waals surface area (Å²) in [6.45, 7) is 0.620. The predicted molar refractivity (Wildman–Crippen MR) is 159 cm³/mol. The summed E-state index contributed by atoms with van der Waals surface area (Å²) in [6.07, 6.45) is 3.65. The van der Waals surface area contributed by atoms with E-state index in [1.807, 2.05) is 97.1 Å². The van der Waals surface area contributed by atoms with Gasteiger partial charge in [-0.1, -0.05) is 115 Å². The third-order valence-electron chi connectivity index (χ3n) is 6.21. The lowest BCUT2D eigenvalue weighted by Crippen LogP contribution is -2.06. The maximum absolute atomic E-state index is 11.1. The molecule has 0 saturated carbocycles. The monoisotopic (exact) mass is 546 g/mol. The predicted octanol–water partition coefficient (Wildman–Crippen LogP) is 7.94. The van der Waals surface area contributed by atoms with Crippen LogP contribution in [0.2, 0.25) is 0 Å². The fourth-order valence-corrected chi connectivity index (χ4v) is 4.08. The van der Waals surface area contributed by atoms with Crippen LogP contribution < -0.4 is 14.4 Å². The van der Waals surface area contributed by atoms with Gasteiger partial charge in [-0.3, -0.25) is 0 Å². The molecule has 5 aromatic rings. The average Bonchev–Trinajstić information content (AvgIpc) is 3.01. The molecule has 0 aliphatic rings. The molecular formula is C35H30O6. The Bertz CT molecular complexity index is 1550. The van der Waals surface area contributed by atoms with E-state index in [4.69, 9.17) is 19.2 Å². The molecule has 0 heterocycles. The van der Waals surface area contributed by atoms with E-state index in [0.29, 0.717) is 11.3 Å². The van der Waals surface area contributed by atoms with E-state index >= 15 is 0 Å². The van der Waals surface area contributed by atoms with Gasteiger partial charge in [-0.25, -0.2) is 0 Å². The minimum Gasteiger partial charge on any atom is -0.508 e. The summed E-state index contributed by atoms with van der Waals surface area (Å²) in [6, 6.07) is 37.4. The lowest BCUT2D eigenvalue weighted by atomic mass is 10.1. The van der Waals surface area contributed by atoms with Crippen molar-refractivity contribution in [2.75, 3.05) is 0 Å². The van der Waals surface area contributed by atoms with Crippen molar-refractivity contribution in [3.8, 4) is 28.7 Å². The van der Waals surface area contributed by atoms with Crippen LogP contribution >= 0.6 is 0 Å². The summed E-state index contributed by atoms with van der Waals surface area (Å²) >= 11 is 0. The van der Waals surface area contributed by atoms with Crippen molar-refractivity contribution in [2.24, 2.45) is 0 Å². The second-order valence-electron chi connectivity index (χ2n) is 9.28. The Hall–Kier alpha value is -5.20. The first-order valence-corrected chi connectivity index (χ1v) is 13.2. The summed E-state index contributed by atoms with van der Waals surface area (Å²) in [7, 11) is 0. The van der Waals surface area contributed by atoms with E-state index in [9.17, 15) is 10.2 Å². The van der Waals surface area contributed by atoms with Gasteiger partial charge in [0.1, 0.15) is 25.6 Å². The summed E-state index contributed by atoms with van der Waals surface area (Å²) < 4.78 is 12.4. The number of benzene rings is 5. The zero-order valence-corrected chi connectivity index (χ0v) is 22.4. The first kappa shape index (κ1) is 27.4. The molecule has 0 atom stereocenters. The van der Waals surface area contributed by atoms with Gasteiger partial charge in [-0.05, 0) is 40.5 Å². The van der Waals surface area contributed by atoms with Gasteiger partial charge in [0.15, 0.2) is 11.5 Å². The molecule has 6 nitrogen and oxygen atoms in total. The third-order valence-corrected chi connectivity index (χ3v) is 6.21. The van der Waals surface area contributed by atoms with Crippen LogP contribution in [0.3, 0.4) is 0 Å². The summed E-state index contributed by atoms with van der Waals surface area (Å²) in [5, 5.41) is 20.8. The van der Waals surface area contributed by atoms with Gasteiger partial charge in [0.2, 0.25) is 5.75 Å². The average molecular weight is 547 g/mol. The van der Waals surface area contributed by atoms with Crippen molar-refractivity contribution < 1.29 is 29.5 Å². The van der Waals surface area contributed by atoms with Crippen LogP contribution in [-0.2, 0) is 24.7 Å². The fourth-order valence-electron chi connectivity index (χ4n) is 4.08. The van der Waals surface area contributed by atoms with Gasteiger partial charge in [-0.2, -0.15) is 4.89 Å². The number of rotatable bonds is 12. The van der Waals surface area contributed by atoms with Crippen molar-refractivity contribution >= 4 is 12.2 Å². The molecule has 0 fully saturated rings. The Kier molecular flexibility index (Phi) is 9.17. The minimum absolute atomic E-state index is 0.103. The number of phenols is 2. The number of phenolic OH excluding ortho intramolecular Hbond substituents is 2. The van der Waals surface area contributed by atoms with Crippen LogP contribution in [0.15, 0.2) is 121 Å². The molecule has 0 aliphatic heterocycles. The largest absolute Gasteiger partial charge is 0.508 e. The molecule has 41 heavy (non-hydrogen) atoms. The Labute approximate surface area is 239 Å². The van der Waals surface area contributed by atoms with E-state index in [2.05, 4.69) is 0 Å². The van der Waals surface area contributed by atoms with Crippen LogP contribution in [0.4, 0.5) is 0 Å². The molecule has 5 aromatic carbocycles. The number of hydrogen-bond donors (Lipinski definition) is 2. The van der Waals surface area contributed by atoms with Crippen LogP contribution in [0.1, 0.15) is 27.8 Å². The number of ether oxygens (including phenoxy) is 2. The van der Waals surface area contributed by atoms with E-state index in [1.165, 1.54) is 0 Å².